The third-order valence-electron chi connectivity index (χ3n) is 4.10. The summed E-state index contributed by atoms with van der Waals surface area (Å²) >= 11 is 6.10. The van der Waals surface area contributed by atoms with Gasteiger partial charge in [0.1, 0.15) is 12.3 Å². The van der Waals surface area contributed by atoms with Crippen molar-refractivity contribution in [2.75, 3.05) is 25.1 Å². The summed E-state index contributed by atoms with van der Waals surface area (Å²) in [6, 6.07) is 7.90. The number of methoxy groups -OCH3 is 2. The topological polar surface area (TPSA) is 72.9 Å². The molecule has 0 radical (unpaired) electrons. The molecule has 0 fully saturated rings. The summed E-state index contributed by atoms with van der Waals surface area (Å²) in [5.74, 6) is -0.310. The van der Waals surface area contributed by atoms with Crippen LogP contribution in [0, 0.1) is 20.8 Å². The Hall–Kier alpha value is -2.25. The number of nitrogens with zero attached hydrogens (tertiary/aromatic N) is 1. The first-order valence-electron chi connectivity index (χ1n) is 8.12. The quantitative estimate of drug-likeness (QED) is 0.678. The van der Waals surface area contributed by atoms with Gasteiger partial charge in [-0.25, -0.2) is 8.42 Å². The second kappa shape index (κ2) is 8.19. The Balaban J connectivity index is 2.67. The largest absolute Gasteiger partial charge is 0.495 e. The Labute approximate surface area is 164 Å². The van der Waals surface area contributed by atoms with Gasteiger partial charge in [0.15, 0.2) is 0 Å². The molecule has 0 saturated carbocycles. The number of rotatable bonds is 6. The van der Waals surface area contributed by atoms with Crippen molar-refractivity contribution in [3.05, 3.63) is 52.0 Å². The molecular weight excluding hydrogens is 390 g/mol. The fourth-order valence-electron chi connectivity index (χ4n) is 2.97. The van der Waals surface area contributed by atoms with Gasteiger partial charge in [-0.2, -0.15) is 0 Å². The van der Waals surface area contributed by atoms with E-state index >= 15 is 0 Å². The van der Waals surface area contributed by atoms with Gasteiger partial charge in [0, 0.05) is 0 Å². The van der Waals surface area contributed by atoms with Crippen LogP contribution in [0.15, 0.2) is 35.2 Å². The summed E-state index contributed by atoms with van der Waals surface area (Å²) in [7, 11) is -1.42. The van der Waals surface area contributed by atoms with Crippen molar-refractivity contribution in [2.24, 2.45) is 0 Å². The summed E-state index contributed by atoms with van der Waals surface area (Å²) in [5.41, 5.74) is 2.91. The maximum Gasteiger partial charge on any atom is 0.326 e. The molecule has 0 aliphatic rings. The first-order chi connectivity index (χ1) is 12.6. The van der Waals surface area contributed by atoms with Gasteiger partial charge in [-0.15, -0.1) is 0 Å². The molecule has 0 aliphatic carbocycles. The predicted octanol–water partition coefficient (Wildman–Crippen LogP) is 3.64. The molecule has 0 bridgehead atoms. The fourth-order valence-corrected chi connectivity index (χ4v) is 4.85. The lowest BCUT2D eigenvalue weighted by Gasteiger charge is -2.27. The van der Waals surface area contributed by atoms with Crippen LogP contribution in [0.5, 0.6) is 5.75 Å². The minimum atomic E-state index is -4.07. The molecule has 0 amide bonds. The first-order valence-corrected chi connectivity index (χ1v) is 9.94. The number of sulfonamides is 1. The molecule has 2 aromatic rings. The van der Waals surface area contributed by atoms with E-state index in [-0.39, 0.29) is 9.92 Å². The zero-order valence-corrected chi connectivity index (χ0v) is 17.4. The van der Waals surface area contributed by atoms with Crippen LogP contribution < -0.4 is 9.04 Å². The summed E-state index contributed by atoms with van der Waals surface area (Å²) in [6.45, 7) is 5.08. The number of anilines is 1. The van der Waals surface area contributed by atoms with E-state index in [1.54, 1.807) is 13.8 Å². The van der Waals surface area contributed by atoms with Crippen molar-refractivity contribution in [1.29, 1.82) is 0 Å². The molecule has 8 heteroatoms. The first kappa shape index (κ1) is 21.1. The minimum Gasteiger partial charge on any atom is -0.495 e. The Morgan fingerprint density at radius 3 is 2.15 bits per heavy atom. The molecule has 0 aromatic heterocycles. The van der Waals surface area contributed by atoms with E-state index in [9.17, 15) is 13.2 Å². The van der Waals surface area contributed by atoms with Gasteiger partial charge in [0.2, 0.25) is 0 Å². The second-order valence-electron chi connectivity index (χ2n) is 6.13. The SMILES string of the molecule is COC(=O)CN(c1c(C)cc(C)cc1C)S(=O)(=O)c1ccc(OC)c(Cl)c1. The fraction of sp³-hybridized carbons (Fsp3) is 0.316. The van der Waals surface area contributed by atoms with Crippen LogP contribution in [0.1, 0.15) is 16.7 Å². The van der Waals surface area contributed by atoms with E-state index in [2.05, 4.69) is 0 Å². The highest BCUT2D eigenvalue weighted by molar-refractivity contribution is 7.92. The number of halogens is 1. The highest BCUT2D eigenvalue weighted by atomic mass is 35.5. The lowest BCUT2D eigenvalue weighted by atomic mass is 10.1. The molecule has 2 rings (SSSR count). The number of benzene rings is 2. The molecule has 0 N–H and O–H groups in total. The third-order valence-corrected chi connectivity index (χ3v) is 6.13. The third kappa shape index (κ3) is 4.36. The van der Waals surface area contributed by atoms with E-state index in [1.165, 1.54) is 32.4 Å². The van der Waals surface area contributed by atoms with Crippen molar-refractivity contribution >= 4 is 33.3 Å². The van der Waals surface area contributed by atoms with Gasteiger partial charge >= 0.3 is 5.97 Å². The molecule has 0 saturated heterocycles. The number of carbonyl (C=O) groups is 1. The van der Waals surface area contributed by atoms with Crippen LogP contribution in [0.25, 0.3) is 0 Å². The number of aryl methyl sites for hydroxylation is 3. The molecule has 0 heterocycles. The number of ether oxygens (including phenoxy) is 2. The predicted molar refractivity (Wildman–Crippen MR) is 105 cm³/mol. The van der Waals surface area contributed by atoms with Gasteiger partial charge in [0.25, 0.3) is 10.0 Å². The molecule has 0 atom stereocenters. The van der Waals surface area contributed by atoms with Crippen LogP contribution in [0.3, 0.4) is 0 Å². The van der Waals surface area contributed by atoms with Crippen LogP contribution in [0.4, 0.5) is 5.69 Å². The maximum atomic E-state index is 13.3. The molecule has 146 valence electrons. The van der Waals surface area contributed by atoms with E-state index in [1.807, 2.05) is 19.1 Å². The zero-order chi connectivity index (χ0) is 20.4. The van der Waals surface area contributed by atoms with Gasteiger partial charge in [-0.1, -0.05) is 29.3 Å². The molecule has 27 heavy (non-hydrogen) atoms. The molecular formula is C19H22ClNO5S. The normalized spacial score (nSPS) is 11.2. The van der Waals surface area contributed by atoms with Gasteiger partial charge in [-0.05, 0) is 50.1 Å². The molecule has 0 unspecified atom stereocenters. The van der Waals surface area contributed by atoms with E-state index in [0.29, 0.717) is 11.4 Å². The number of esters is 1. The van der Waals surface area contributed by atoms with Crippen molar-refractivity contribution in [1.82, 2.24) is 0 Å². The highest BCUT2D eigenvalue weighted by Gasteiger charge is 2.30. The van der Waals surface area contributed by atoms with Gasteiger partial charge in [-0.3, -0.25) is 9.10 Å². The van der Waals surface area contributed by atoms with Crippen molar-refractivity contribution < 1.29 is 22.7 Å². The standard InChI is InChI=1S/C19H22ClNO5S/c1-12-8-13(2)19(14(3)9-12)21(11-18(22)26-5)27(23,24)15-6-7-17(25-4)16(20)10-15/h6-10H,11H2,1-5H3. The molecule has 2 aromatic carbocycles. The average Bonchev–Trinajstić information content (AvgIpc) is 2.59. The van der Waals surface area contributed by atoms with Crippen LogP contribution >= 0.6 is 11.6 Å². The average molecular weight is 412 g/mol. The number of carbonyl (C=O) groups excluding carboxylic acids is 1. The molecule has 0 aliphatic heterocycles. The second-order valence-corrected chi connectivity index (χ2v) is 8.40. The smallest absolute Gasteiger partial charge is 0.326 e. The van der Waals surface area contributed by atoms with E-state index in [0.717, 1.165) is 21.0 Å². The van der Waals surface area contributed by atoms with Crippen molar-refractivity contribution in [3.63, 3.8) is 0 Å². The molecule has 6 nitrogen and oxygen atoms in total. The van der Waals surface area contributed by atoms with Crippen LogP contribution in [-0.4, -0.2) is 35.2 Å². The molecule has 0 spiro atoms. The van der Waals surface area contributed by atoms with Crippen molar-refractivity contribution in [3.8, 4) is 5.75 Å². The number of hydrogen-bond acceptors (Lipinski definition) is 5. The minimum absolute atomic E-state index is 0.0448. The highest BCUT2D eigenvalue weighted by Crippen LogP contribution is 2.33. The Bertz CT molecular complexity index is 949. The Kier molecular flexibility index (Phi) is 6.38. The lowest BCUT2D eigenvalue weighted by Crippen LogP contribution is -2.37. The van der Waals surface area contributed by atoms with Gasteiger partial charge < -0.3 is 9.47 Å². The lowest BCUT2D eigenvalue weighted by molar-refractivity contribution is -0.138. The summed E-state index contributed by atoms with van der Waals surface area (Å²) in [4.78, 5) is 11.9. The van der Waals surface area contributed by atoms with Crippen LogP contribution in [-0.2, 0) is 19.6 Å². The van der Waals surface area contributed by atoms with Crippen LogP contribution in [0.2, 0.25) is 5.02 Å². The Morgan fingerprint density at radius 2 is 1.67 bits per heavy atom. The maximum absolute atomic E-state index is 13.3. The van der Waals surface area contributed by atoms with E-state index in [4.69, 9.17) is 21.1 Å². The Morgan fingerprint density at radius 1 is 1.07 bits per heavy atom. The summed E-state index contributed by atoms with van der Waals surface area (Å²) in [5, 5.41) is 0.161. The summed E-state index contributed by atoms with van der Waals surface area (Å²) in [6.07, 6.45) is 0. The number of hydrogen-bond donors (Lipinski definition) is 0. The van der Waals surface area contributed by atoms with Gasteiger partial charge in [0.05, 0.1) is 29.8 Å². The van der Waals surface area contributed by atoms with E-state index < -0.39 is 22.5 Å². The summed E-state index contributed by atoms with van der Waals surface area (Å²) < 4.78 is 37.5. The monoisotopic (exact) mass is 411 g/mol. The zero-order valence-electron chi connectivity index (χ0n) is 15.9. The van der Waals surface area contributed by atoms with Crippen molar-refractivity contribution in [2.45, 2.75) is 25.7 Å².